The van der Waals surface area contributed by atoms with Crippen molar-refractivity contribution in [3.8, 4) is 0 Å². The Morgan fingerprint density at radius 1 is 0.650 bits per heavy atom. The van der Waals surface area contributed by atoms with Crippen LogP contribution in [0.2, 0.25) is 0 Å². The van der Waals surface area contributed by atoms with Crippen LogP contribution in [0.3, 0.4) is 0 Å². The Balaban J connectivity index is 1.62. The molecule has 7 unspecified atom stereocenters. The van der Waals surface area contributed by atoms with Crippen molar-refractivity contribution in [1.29, 1.82) is 0 Å². The molecule has 0 amide bonds. The van der Waals surface area contributed by atoms with Crippen LogP contribution in [0.25, 0.3) is 0 Å². The van der Waals surface area contributed by atoms with Gasteiger partial charge in [-0.1, -0.05) is 0 Å². The predicted octanol–water partition coefficient (Wildman–Crippen LogP) is -0.0962. The van der Waals surface area contributed by atoms with Crippen molar-refractivity contribution in [1.82, 2.24) is 0 Å². The second kappa shape index (κ2) is 3.13. The van der Waals surface area contributed by atoms with Gasteiger partial charge >= 0.3 is 23.9 Å². The number of cyclic esters (lactones) is 4. The SMILES string of the molecule is O=C1OC(=O)C2CC1C1C3CC(C21)[C@@H]1C(=O)OC(=O)C31. The second-order valence-corrected chi connectivity index (χ2v) is 6.70. The molecule has 0 N–H and O–H groups in total. The molecule has 0 aromatic rings. The molecule has 3 saturated carbocycles. The second-order valence-electron chi connectivity index (χ2n) is 6.70. The van der Waals surface area contributed by atoms with E-state index in [1.807, 2.05) is 0 Å². The van der Waals surface area contributed by atoms with Crippen molar-refractivity contribution in [2.24, 2.45) is 47.3 Å². The van der Waals surface area contributed by atoms with Crippen molar-refractivity contribution < 1.29 is 28.7 Å². The van der Waals surface area contributed by atoms with Gasteiger partial charge in [0.15, 0.2) is 0 Å². The van der Waals surface area contributed by atoms with Gasteiger partial charge in [-0.05, 0) is 36.5 Å². The van der Waals surface area contributed by atoms with Crippen LogP contribution in [0.1, 0.15) is 12.8 Å². The first-order valence-electron chi connectivity index (χ1n) is 7.09. The van der Waals surface area contributed by atoms with E-state index in [1.54, 1.807) is 0 Å². The van der Waals surface area contributed by atoms with Crippen molar-refractivity contribution in [2.45, 2.75) is 12.8 Å². The topological polar surface area (TPSA) is 86.7 Å². The Hall–Kier alpha value is -1.72. The maximum absolute atomic E-state index is 11.9. The third-order valence-electron chi connectivity index (χ3n) is 6.28. The Kier molecular flexibility index (Phi) is 1.72. The molecule has 0 aromatic heterocycles. The van der Waals surface area contributed by atoms with E-state index in [0.717, 1.165) is 6.42 Å². The average molecular weight is 276 g/mol. The molecule has 8 atom stereocenters. The van der Waals surface area contributed by atoms with E-state index in [0.29, 0.717) is 6.42 Å². The highest BCUT2D eigenvalue weighted by Crippen LogP contribution is 2.69. The molecule has 20 heavy (non-hydrogen) atoms. The molecule has 5 aliphatic rings. The van der Waals surface area contributed by atoms with Gasteiger partial charge in [0.25, 0.3) is 0 Å². The number of hydrogen-bond donors (Lipinski definition) is 0. The molecular formula is C14H12O6. The summed E-state index contributed by atoms with van der Waals surface area (Å²) >= 11 is 0. The lowest BCUT2D eigenvalue weighted by atomic mass is 9.67. The number of fused-ring (bicyclic) bond motifs is 12. The molecule has 6 heteroatoms. The summed E-state index contributed by atoms with van der Waals surface area (Å²) in [4.78, 5) is 47.5. The quantitative estimate of drug-likeness (QED) is 0.349. The molecule has 0 spiro atoms. The van der Waals surface area contributed by atoms with E-state index in [1.165, 1.54) is 0 Å². The van der Waals surface area contributed by atoms with Gasteiger partial charge in [-0.2, -0.15) is 0 Å². The van der Waals surface area contributed by atoms with E-state index in [9.17, 15) is 19.2 Å². The number of hydrogen-bond acceptors (Lipinski definition) is 6. The lowest BCUT2D eigenvalue weighted by Gasteiger charge is -2.32. The standard InChI is InChI=1S/C14H12O6/c15-11-5-2-6(12(16)19-11)8-4-1-3(7(5)8)9-10(4)14(18)20-13(9)17/h3-10H,1-2H2/t3?,4?,5?,6?,7?,8?,9-,10?/m0/s1. The summed E-state index contributed by atoms with van der Waals surface area (Å²) in [6, 6.07) is 0. The summed E-state index contributed by atoms with van der Waals surface area (Å²) < 4.78 is 9.60. The molecule has 2 heterocycles. The Morgan fingerprint density at radius 3 is 1.60 bits per heavy atom. The molecule has 6 nitrogen and oxygen atoms in total. The summed E-state index contributed by atoms with van der Waals surface area (Å²) in [7, 11) is 0. The maximum Gasteiger partial charge on any atom is 0.317 e. The highest BCUT2D eigenvalue weighted by atomic mass is 16.6. The van der Waals surface area contributed by atoms with Crippen molar-refractivity contribution in [3.63, 3.8) is 0 Å². The van der Waals surface area contributed by atoms with Crippen LogP contribution in [0, 0.1) is 47.3 Å². The van der Waals surface area contributed by atoms with Gasteiger partial charge in [-0.15, -0.1) is 0 Å². The smallest absolute Gasteiger partial charge is 0.317 e. The molecule has 2 aliphatic heterocycles. The number of carbonyl (C=O) groups excluding carboxylic acids is 4. The van der Waals surface area contributed by atoms with E-state index < -0.39 is 35.7 Å². The van der Waals surface area contributed by atoms with Gasteiger partial charge in [0.05, 0.1) is 23.7 Å². The molecular weight excluding hydrogens is 264 g/mol. The van der Waals surface area contributed by atoms with Crippen LogP contribution >= 0.6 is 0 Å². The highest BCUT2D eigenvalue weighted by molar-refractivity contribution is 5.98. The number of rotatable bonds is 0. The van der Waals surface area contributed by atoms with Gasteiger partial charge in [0.1, 0.15) is 0 Å². The van der Waals surface area contributed by atoms with Gasteiger partial charge in [-0.25, -0.2) is 0 Å². The lowest BCUT2D eigenvalue weighted by Crippen LogP contribution is -2.38. The third-order valence-corrected chi connectivity index (χ3v) is 6.28. The lowest BCUT2D eigenvalue weighted by molar-refractivity contribution is -0.170. The number of esters is 4. The molecule has 2 saturated heterocycles. The van der Waals surface area contributed by atoms with E-state index >= 15 is 0 Å². The van der Waals surface area contributed by atoms with Gasteiger partial charge in [0, 0.05) is 0 Å². The van der Waals surface area contributed by atoms with Crippen LogP contribution in [0.5, 0.6) is 0 Å². The van der Waals surface area contributed by atoms with Gasteiger partial charge in [0.2, 0.25) is 0 Å². The van der Waals surface area contributed by atoms with E-state index in [4.69, 9.17) is 9.47 Å². The van der Waals surface area contributed by atoms with Crippen molar-refractivity contribution in [2.75, 3.05) is 0 Å². The van der Waals surface area contributed by atoms with E-state index in [2.05, 4.69) is 0 Å². The normalized spacial score (nSPS) is 54.8. The largest absolute Gasteiger partial charge is 0.393 e. The first kappa shape index (κ1) is 11.0. The summed E-state index contributed by atoms with van der Waals surface area (Å²) in [5.41, 5.74) is 0. The van der Waals surface area contributed by atoms with Crippen LogP contribution in [-0.4, -0.2) is 23.9 Å². The molecule has 104 valence electrons. The minimum absolute atomic E-state index is 0.00222. The fourth-order valence-corrected chi connectivity index (χ4v) is 5.86. The number of ether oxygens (including phenoxy) is 2. The molecule has 4 bridgehead atoms. The van der Waals surface area contributed by atoms with Gasteiger partial charge < -0.3 is 9.47 Å². The minimum Gasteiger partial charge on any atom is -0.393 e. The summed E-state index contributed by atoms with van der Waals surface area (Å²) in [5.74, 6) is -3.06. The molecule has 0 radical (unpaired) electrons. The molecule has 5 rings (SSSR count). The zero-order chi connectivity index (χ0) is 13.8. The summed E-state index contributed by atoms with van der Waals surface area (Å²) in [5, 5.41) is 0. The Morgan fingerprint density at radius 2 is 1.10 bits per heavy atom. The van der Waals surface area contributed by atoms with E-state index in [-0.39, 0.29) is 35.5 Å². The highest BCUT2D eigenvalue weighted by Gasteiger charge is 2.73. The maximum atomic E-state index is 11.9. The molecule has 5 fully saturated rings. The summed E-state index contributed by atoms with van der Waals surface area (Å²) in [6.45, 7) is 0. The first-order valence-corrected chi connectivity index (χ1v) is 7.09. The predicted molar refractivity (Wildman–Crippen MR) is 59.4 cm³/mol. The van der Waals surface area contributed by atoms with Crippen molar-refractivity contribution in [3.05, 3.63) is 0 Å². The van der Waals surface area contributed by atoms with Crippen LogP contribution < -0.4 is 0 Å². The number of carbonyl (C=O) groups is 4. The zero-order valence-corrected chi connectivity index (χ0v) is 10.5. The third kappa shape index (κ3) is 0.980. The van der Waals surface area contributed by atoms with Crippen LogP contribution in [0.15, 0.2) is 0 Å². The fourth-order valence-electron chi connectivity index (χ4n) is 5.86. The van der Waals surface area contributed by atoms with Crippen LogP contribution in [-0.2, 0) is 28.7 Å². The molecule has 0 aromatic carbocycles. The zero-order valence-electron chi connectivity index (χ0n) is 10.5. The Labute approximate surface area is 113 Å². The summed E-state index contributed by atoms with van der Waals surface area (Å²) in [6.07, 6.45) is 1.29. The molecule has 3 aliphatic carbocycles. The van der Waals surface area contributed by atoms with Crippen molar-refractivity contribution >= 4 is 23.9 Å². The Bertz CT molecular complexity index is 546. The average Bonchev–Trinajstić information content (AvgIpc) is 3.07. The monoisotopic (exact) mass is 276 g/mol. The fraction of sp³-hybridized carbons (Fsp3) is 0.714. The van der Waals surface area contributed by atoms with Gasteiger partial charge in [-0.3, -0.25) is 19.2 Å². The first-order chi connectivity index (χ1) is 9.58. The minimum atomic E-state index is -0.444. The van der Waals surface area contributed by atoms with Crippen LogP contribution in [0.4, 0.5) is 0 Å².